The van der Waals surface area contributed by atoms with Crippen LogP contribution >= 0.6 is 7.82 Å². The van der Waals surface area contributed by atoms with Gasteiger partial charge in [0.15, 0.2) is 5.82 Å². The number of carbonyl (C=O) groups is 3. The lowest BCUT2D eigenvalue weighted by Gasteiger charge is -2.32. The molecule has 0 spiro atoms. The third kappa shape index (κ3) is 9.96. The van der Waals surface area contributed by atoms with Crippen molar-refractivity contribution >= 4 is 25.5 Å². The van der Waals surface area contributed by atoms with Crippen LogP contribution < -0.4 is 20.9 Å². The van der Waals surface area contributed by atoms with Crippen LogP contribution in [0.3, 0.4) is 0 Å². The average molecular weight is 590 g/mol. The molecular weight excluding hydrogens is 553 g/mol. The van der Waals surface area contributed by atoms with Gasteiger partial charge < -0.3 is 25.4 Å². The number of hydrogen-bond donors (Lipinski definition) is 5. The quantitative estimate of drug-likeness (QED) is 0.216. The number of nitrogens with one attached hydrogen (secondary N) is 2. The van der Waals surface area contributed by atoms with Crippen molar-refractivity contribution in [1.82, 2.24) is 20.8 Å². The van der Waals surface area contributed by atoms with E-state index in [9.17, 15) is 18.9 Å². The molecule has 1 aromatic carbocycles. The van der Waals surface area contributed by atoms with E-state index in [0.717, 1.165) is 0 Å². The maximum absolute atomic E-state index is 13.3. The Kier molecular flexibility index (Phi) is 10.2. The van der Waals surface area contributed by atoms with Gasteiger partial charge in [-0.05, 0) is 42.4 Å². The summed E-state index contributed by atoms with van der Waals surface area (Å²) in [6.07, 6.45) is 6.94. The Morgan fingerprint density at radius 2 is 1.88 bits per heavy atom. The van der Waals surface area contributed by atoms with Gasteiger partial charge in [0.05, 0.1) is 0 Å². The lowest BCUT2D eigenvalue weighted by Crippen LogP contribution is -2.48. The smallest absolute Gasteiger partial charge is 0.404 e. The van der Waals surface area contributed by atoms with E-state index in [1.165, 1.54) is 36.8 Å². The molecule has 0 saturated heterocycles. The first-order valence-corrected chi connectivity index (χ1v) is 14.5. The Hall–Kier alpha value is -3.80. The second-order valence-electron chi connectivity index (χ2n) is 10.7. The van der Waals surface area contributed by atoms with Gasteiger partial charge in [-0.15, -0.1) is 0 Å². The van der Waals surface area contributed by atoms with E-state index >= 15 is 0 Å². The molecule has 6 N–H and O–H groups in total. The highest BCUT2D eigenvalue weighted by atomic mass is 31.2. The van der Waals surface area contributed by atoms with Crippen LogP contribution in [0.2, 0.25) is 0 Å². The van der Waals surface area contributed by atoms with Gasteiger partial charge in [-0.2, -0.15) is 4.98 Å². The van der Waals surface area contributed by atoms with Crippen LogP contribution in [0.4, 0.5) is 0 Å². The second kappa shape index (κ2) is 13.2. The summed E-state index contributed by atoms with van der Waals surface area (Å²) in [6.45, 7) is 7.56. The van der Waals surface area contributed by atoms with Gasteiger partial charge >= 0.3 is 7.82 Å². The number of benzene rings is 1. The molecule has 0 bridgehead atoms. The standard InChI is InChI=1S/C27H36N5O8P/c1-16-5-8-19(27(3,4)15-16)14-24-31-26(39-32-24)21(11-12-23(28)34)30-25(35)22(29-17(2)33)13-18-6-9-20(10-7-18)40-41(36,37)38/h5-10,15,19,21-22H,11-14H2,1-4H3,(H2,28,34)(H,29,33)(H,30,35)(H2,36,37,38)/t19?,21-,22-/m0/s1. The number of rotatable bonds is 13. The van der Waals surface area contributed by atoms with Crippen molar-refractivity contribution in [3.05, 3.63) is 65.3 Å². The fraction of sp³-hybridized carbons (Fsp3) is 0.444. The molecule has 2 aromatic rings. The monoisotopic (exact) mass is 589 g/mol. The van der Waals surface area contributed by atoms with Crippen LogP contribution in [-0.4, -0.2) is 43.7 Å². The molecule has 3 rings (SSSR count). The number of allylic oxidation sites excluding steroid dienone is 4. The summed E-state index contributed by atoms with van der Waals surface area (Å²) in [7, 11) is -4.72. The van der Waals surface area contributed by atoms with Gasteiger partial charge in [0, 0.05) is 26.2 Å². The van der Waals surface area contributed by atoms with E-state index in [0.29, 0.717) is 17.8 Å². The summed E-state index contributed by atoms with van der Waals surface area (Å²) < 4.78 is 21.1. The summed E-state index contributed by atoms with van der Waals surface area (Å²) in [5, 5.41) is 9.48. The molecule has 14 heteroatoms. The van der Waals surface area contributed by atoms with Crippen molar-refractivity contribution in [3.8, 4) is 5.75 Å². The van der Waals surface area contributed by atoms with E-state index in [-0.39, 0.29) is 42.2 Å². The van der Waals surface area contributed by atoms with Gasteiger partial charge in [0.2, 0.25) is 23.6 Å². The molecule has 1 aliphatic rings. The molecule has 1 aliphatic carbocycles. The van der Waals surface area contributed by atoms with Gasteiger partial charge in [-0.3, -0.25) is 24.2 Å². The number of aromatic nitrogens is 2. The number of primary amides is 1. The largest absolute Gasteiger partial charge is 0.524 e. The number of carbonyl (C=O) groups excluding carboxylic acids is 3. The molecule has 1 aromatic heterocycles. The van der Waals surface area contributed by atoms with Crippen LogP contribution in [0.15, 0.2) is 52.6 Å². The topological polar surface area (TPSA) is 207 Å². The Bertz CT molecular complexity index is 1360. The molecule has 13 nitrogen and oxygen atoms in total. The lowest BCUT2D eigenvalue weighted by molar-refractivity contribution is -0.128. The summed E-state index contributed by atoms with van der Waals surface area (Å²) in [4.78, 5) is 59.2. The van der Waals surface area contributed by atoms with Crippen LogP contribution in [0.25, 0.3) is 0 Å². The zero-order valence-electron chi connectivity index (χ0n) is 23.4. The Balaban J connectivity index is 1.76. The van der Waals surface area contributed by atoms with Gasteiger partial charge in [-0.1, -0.05) is 54.9 Å². The zero-order chi connectivity index (χ0) is 30.4. The molecule has 222 valence electrons. The second-order valence-corrected chi connectivity index (χ2v) is 11.8. The predicted octanol–water partition coefficient (Wildman–Crippen LogP) is 2.41. The summed E-state index contributed by atoms with van der Waals surface area (Å²) in [5.41, 5.74) is 6.99. The normalized spacial score (nSPS) is 17.7. The molecular formula is C27H36N5O8P. The number of hydrogen-bond acceptors (Lipinski definition) is 8. The molecule has 0 aliphatic heterocycles. The molecule has 1 unspecified atom stereocenters. The maximum Gasteiger partial charge on any atom is 0.524 e. The van der Waals surface area contributed by atoms with E-state index in [4.69, 9.17) is 20.0 Å². The zero-order valence-corrected chi connectivity index (χ0v) is 24.3. The Labute approximate surface area is 237 Å². The van der Waals surface area contributed by atoms with E-state index in [1.54, 1.807) is 0 Å². The number of phosphoric ester groups is 1. The van der Waals surface area contributed by atoms with Crippen molar-refractivity contribution in [2.75, 3.05) is 0 Å². The highest BCUT2D eigenvalue weighted by Gasteiger charge is 2.31. The summed E-state index contributed by atoms with van der Waals surface area (Å²) >= 11 is 0. The van der Waals surface area contributed by atoms with E-state index < -0.39 is 37.6 Å². The van der Waals surface area contributed by atoms with Gasteiger partial charge in [-0.25, -0.2) is 4.57 Å². The molecule has 0 saturated carbocycles. The fourth-order valence-electron chi connectivity index (χ4n) is 4.61. The van der Waals surface area contributed by atoms with Crippen molar-refractivity contribution < 1.29 is 37.8 Å². The van der Waals surface area contributed by atoms with Crippen molar-refractivity contribution in [3.63, 3.8) is 0 Å². The predicted molar refractivity (Wildman–Crippen MR) is 148 cm³/mol. The lowest BCUT2D eigenvalue weighted by atomic mass is 9.73. The summed E-state index contributed by atoms with van der Waals surface area (Å²) in [5.74, 6) is -0.965. The molecule has 0 fully saturated rings. The highest BCUT2D eigenvalue weighted by molar-refractivity contribution is 7.46. The van der Waals surface area contributed by atoms with Crippen LogP contribution in [0, 0.1) is 11.3 Å². The molecule has 1 heterocycles. The summed E-state index contributed by atoms with van der Waals surface area (Å²) in [6, 6.07) is 3.84. The maximum atomic E-state index is 13.3. The first-order valence-electron chi connectivity index (χ1n) is 13.0. The van der Waals surface area contributed by atoms with Crippen LogP contribution in [0.5, 0.6) is 5.75 Å². The minimum absolute atomic E-state index is 0.0509. The Morgan fingerprint density at radius 1 is 1.20 bits per heavy atom. The first kappa shape index (κ1) is 31.7. The molecule has 0 radical (unpaired) electrons. The number of phosphoric acid groups is 1. The number of amides is 3. The van der Waals surface area contributed by atoms with Crippen LogP contribution in [-0.2, 0) is 31.8 Å². The Morgan fingerprint density at radius 3 is 2.46 bits per heavy atom. The minimum Gasteiger partial charge on any atom is -0.404 e. The minimum atomic E-state index is -4.72. The average Bonchev–Trinajstić information content (AvgIpc) is 3.31. The highest BCUT2D eigenvalue weighted by Crippen LogP contribution is 2.38. The third-order valence-electron chi connectivity index (χ3n) is 6.61. The van der Waals surface area contributed by atoms with Crippen molar-refractivity contribution in [1.29, 1.82) is 0 Å². The number of nitrogens with zero attached hydrogens (tertiary/aromatic N) is 2. The van der Waals surface area contributed by atoms with Gasteiger partial charge in [0.25, 0.3) is 0 Å². The third-order valence-corrected chi connectivity index (χ3v) is 7.06. The van der Waals surface area contributed by atoms with Crippen molar-refractivity contribution in [2.45, 2.75) is 65.5 Å². The number of nitrogens with two attached hydrogens (primary N) is 1. The molecule has 3 atom stereocenters. The molecule has 3 amide bonds. The van der Waals surface area contributed by atoms with Crippen LogP contribution in [0.1, 0.15) is 63.9 Å². The van der Waals surface area contributed by atoms with E-state index in [1.807, 2.05) is 13.0 Å². The first-order chi connectivity index (χ1) is 19.1. The fourth-order valence-corrected chi connectivity index (χ4v) is 5.00. The van der Waals surface area contributed by atoms with E-state index in [2.05, 4.69) is 51.3 Å². The molecule has 41 heavy (non-hydrogen) atoms. The SMILES string of the molecule is CC(=O)N[C@@H](Cc1ccc(OP(=O)(O)O)cc1)C(=O)N[C@@H](CCC(N)=O)c1nc(CC2C=CC(C)=CC2(C)C)no1. The van der Waals surface area contributed by atoms with Crippen molar-refractivity contribution in [2.24, 2.45) is 17.1 Å². The van der Waals surface area contributed by atoms with Gasteiger partial charge in [0.1, 0.15) is 17.8 Å².